The van der Waals surface area contributed by atoms with Crippen molar-refractivity contribution >= 4 is 22.4 Å². The van der Waals surface area contributed by atoms with Crippen molar-refractivity contribution in [2.45, 2.75) is 38.2 Å². The first kappa shape index (κ1) is 16.9. The highest BCUT2D eigenvalue weighted by molar-refractivity contribution is 7.15. The number of benzene rings is 1. The van der Waals surface area contributed by atoms with Crippen molar-refractivity contribution in [2.75, 3.05) is 5.32 Å². The molecule has 0 bridgehead atoms. The molecule has 1 aliphatic rings. The van der Waals surface area contributed by atoms with E-state index in [9.17, 15) is 9.90 Å². The van der Waals surface area contributed by atoms with Crippen molar-refractivity contribution in [3.8, 4) is 5.69 Å². The van der Waals surface area contributed by atoms with Crippen LogP contribution in [0.15, 0.2) is 42.9 Å². The standard InChI is InChI=1S/C19H20N4O2S/c1-12(18(25)22-19-20-9-17(26-19)14-5-6-14)15-8-21-23(10-15)16-4-2-3-13(7-16)11-24/h2-4,7-10,12,14,24H,5-6,11H2,1H3,(H,20,22,25)/t12-/m1/s1. The van der Waals surface area contributed by atoms with Crippen LogP contribution in [0.5, 0.6) is 0 Å². The number of anilines is 1. The molecule has 7 heteroatoms. The number of hydrogen-bond acceptors (Lipinski definition) is 5. The Morgan fingerprint density at radius 1 is 1.42 bits per heavy atom. The average molecular weight is 368 g/mol. The van der Waals surface area contributed by atoms with E-state index in [1.54, 1.807) is 22.2 Å². The summed E-state index contributed by atoms with van der Waals surface area (Å²) in [6.07, 6.45) is 7.87. The fraction of sp³-hybridized carbons (Fsp3) is 0.316. The summed E-state index contributed by atoms with van der Waals surface area (Å²) in [7, 11) is 0. The molecule has 1 atom stereocenters. The van der Waals surface area contributed by atoms with Crippen LogP contribution in [0.4, 0.5) is 5.13 Å². The Bertz CT molecular complexity index is 929. The SMILES string of the molecule is C[C@@H](C(=O)Nc1ncc(C2CC2)s1)c1cnn(-c2cccc(CO)c2)c1. The highest BCUT2D eigenvalue weighted by atomic mass is 32.1. The van der Waals surface area contributed by atoms with E-state index in [-0.39, 0.29) is 18.4 Å². The molecule has 6 nitrogen and oxygen atoms in total. The lowest BCUT2D eigenvalue weighted by molar-refractivity contribution is -0.117. The van der Waals surface area contributed by atoms with Gasteiger partial charge < -0.3 is 10.4 Å². The molecule has 0 unspecified atom stereocenters. The monoisotopic (exact) mass is 368 g/mol. The van der Waals surface area contributed by atoms with Crippen LogP contribution < -0.4 is 5.32 Å². The molecule has 0 aliphatic heterocycles. The Balaban J connectivity index is 1.46. The molecule has 134 valence electrons. The van der Waals surface area contributed by atoms with Crippen molar-refractivity contribution in [2.24, 2.45) is 0 Å². The summed E-state index contributed by atoms with van der Waals surface area (Å²) in [5.41, 5.74) is 2.50. The van der Waals surface area contributed by atoms with Gasteiger partial charge in [0, 0.05) is 22.8 Å². The molecule has 0 radical (unpaired) electrons. The smallest absolute Gasteiger partial charge is 0.233 e. The predicted octanol–water partition coefficient (Wildman–Crippen LogP) is 3.44. The van der Waals surface area contributed by atoms with Crippen LogP contribution in [0.25, 0.3) is 5.69 Å². The van der Waals surface area contributed by atoms with Crippen molar-refractivity contribution in [3.05, 3.63) is 58.9 Å². The van der Waals surface area contributed by atoms with Crippen LogP contribution in [0.1, 0.15) is 47.6 Å². The minimum Gasteiger partial charge on any atom is -0.392 e. The second kappa shape index (κ2) is 7.01. The summed E-state index contributed by atoms with van der Waals surface area (Å²) in [6.45, 7) is 1.84. The molecule has 2 heterocycles. The second-order valence-corrected chi connectivity index (χ2v) is 7.66. The number of aliphatic hydroxyl groups is 1. The second-order valence-electron chi connectivity index (χ2n) is 6.60. The molecule has 0 saturated heterocycles. The number of carbonyl (C=O) groups excluding carboxylic acids is 1. The quantitative estimate of drug-likeness (QED) is 0.698. The van der Waals surface area contributed by atoms with E-state index >= 15 is 0 Å². The van der Waals surface area contributed by atoms with Gasteiger partial charge in [0.2, 0.25) is 5.91 Å². The van der Waals surface area contributed by atoms with Gasteiger partial charge in [-0.1, -0.05) is 12.1 Å². The molecule has 2 aromatic heterocycles. The Morgan fingerprint density at radius 3 is 3.04 bits per heavy atom. The third-order valence-electron chi connectivity index (χ3n) is 4.59. The lowest BCUT2D eigenvalue weighted by atomic mass is 10.1. The van der Waals surface area contributed by atoms with Gasteiger partial charge in [-0.25, -0.2) is 9.67 Å². The van der Waals surface area contributed by atoms with Crippen molar-refractivity contribution in [3.63, 3.8) is 0 Å². The van der Waals surface area contributed by atoms with Gasteiger partial charge in [-0.05, 0) is 43.4 Å². The van der Waals surface area contributed by atoms with Crippen LogP contribution in [-0.4, -0.2) is 25.8 Å². The summed E-state index contributed by atoms with van der Waals surface area (Å²) in [6, 6.07) is 7.51. The summed E-state index contributed by atoms with van der Waals surface area (Å²) >= 11 is 1.56. The van der Waals surface area contributed by atoms with Gasteiger partial charge in [-0.2, -0.15) is 5.10 Å². The number of rotatable bonds is 6. The first-order chi connectivity index (χ1) is 12.6. The Morgan fingerprint density at radius 2 is 2.27 bits per heavy atom. The number of hydrogen-bond donors (Lipinski definition) is 2. The summed E-state index contributed by atoms with van der Waals surface area (Å²) in [5.74, 6) is 0.215. The van der Waals surface area contributed by atoms with Crippen LogP contribution in [0, 0.1) is 0 Å². The summed E-state index contributed by atoms with van der Waals surface area (Å²) < 4.78 is 1.72. The van der Waals surface area contributed by atoms with Gasteiger partial charge in [-0.3, -0.25) is 4.79 Å². The van der Waals surface area contributed by atoms with E-state index in [2.05, 4.69) is 15.4 Å². The third-order valence-corrected chi connectivity index (χ3v) is 5.66. The predicted molar refractivity (Wildman–Crippen MR) is 101 cm³/mol. The maximum atomic E-state index is 12.5. The largest absolute Gasteiger partial charge is 0.392 e. The third kappa shape index (κ3) is 3.54. The molecular formula is C19H20N4O2S. The lowest BCUT2D eigenvalue weighted by Crippen LogP contribution is -2.18. The molecule has 26 heavy (non-hydrogen) atoms. The van der Waals surface area contributed by atoms with Crippen molar-refractivity contribution in [1.29, 1.82) is 0 Å². The minimum atomic E-state index is -0.335. The molecule has 1 aromatic carbocycles. The molecule has 2 N–H and O–H groups in total. The van der Waals surface area contributed by atoms with Crippen LogP contribution in [-0.2, 0) is 11.4 Å². The first-order valence-electron chi connectivity index (χ1n) is 8.65. The van der Waals surface area contributed by atoms with Gasteiger partial charge in [0.1, 0.15) is 0 Å². The number of carbonyl (C=O) groups is 1. The zero-order valence-electron chi connectivity index (χ0n) is 14.4. The fourth-order valence-corrected chi connectivity index (χ4v) is 3.75. The lowest BCUT2D eigenvalue weighted by Gasteiger charge is -2.08. The maximum Gasteiger partial charge on any atom is 0.233 e. The van der Waals surface area contributed by atoms with Gasteiger partial charge in [0.15, 0.2) is 5.13 Å². The molecule has 1 aliphatic carbocycles. The van der Waals surface area contributed by atoms with Crippen LogP contribution in [0.2, 0.25) is 0 Å². The Kier molecular flexibility index (Phi) is 4.57. The van der Waals surface area contributed by atoms with E-state index < -0.39 is 0 Å². The topological polar surface area (TPSA) is 80.0 Å². The number of aromatic nitrogens is 3. The number of nitrogens with one attached hydrogen (secondary N) is 1. The van der Waals surface area contributed by atoms with Crippen LogP contribution >= 0.6 is 11.3 Å². The molecule has 0 spiro atoms. The maximum absolute atomic E-state index is 12.5. The summed E-state index contributed by atoms with van der Waals surface area (Å²) in [4.78, 5) is 18.1. The van der Waals surface area contributed by atoms with E-state index in [0.717, 1.165) is 16.8 Å². The molecule has 1 amide bonds. The van der Waals surface area contributed by atoms with Gasteiger partial charge in [0.05, 0.1) is 24.4 Å². The van der Waals surface area contributed by atoms with Gasteiger partial charge >= 0.3 is 0 Å². The minimum absolute atomic E-state index is 0.0164. The van der Waals surface area contributed by atoms with E-state index in [4.69, 9.17) is 0 Å². The molecular weight excluding hydrogens is 348 g/mol. The Hall–Kier alpha value is -2.51. The van der Waals surface area contributed by atoms with Crippen molar-refractivity contribution in [1.82, 2.24) is 14.8 Å². The number of thiazole rings is 1. The number of aliphatic hydroxyl groups excluding tert-OH is 1. The zero-order chi connectivity index (χ0) is 18.1. The van der Waals surface area contributed by atoms with Gasteiger partial charge in [0.25, 0.3) is 0 Å². The molecule has 1 saturated carbocycles. The highest BCUT2D eigenvalue weighted by Gasteiger charge is 2.26. The number of amides is 1. The summed E-state index contributed by atoms with van der Waals surface area (Å²) in [5, 5.41) is 17.2. The fourth-order valence-electron chi connectivity index (χ4n) is 2.76. The highest BCUT2D eigenvalue weighted by Crippen LogP contribution is 2.43. The number of nitrogens with zero attached hydrogens (tertiary/aromatic N) is 3. The normalized spacial score (nSPS) is 15.0. The van der Waals surface area contributed by atoms with E-state index in [1.165, 1.54) is 17.7 Å². The van der Waals surface area contributed by atoms with Crippen LogP contribution in [0.3, 0.4) is 0 Å². The first-order valence-corrected chi connectivity index (χ1v) is 9.47. The molecule has 3 aromatic rings. The van der Waals surface area contributed by atoms with E-state index in [0.29, 0.717) is 11.0 Å². The molecule has 4 rings (SSSR count). The van der Waals surface area contributed by atoms with E-state index in [1.807, 2.05) is 43.6 Å². The average Bonchev–Trinajstić information content (AvgIpc) is 3.21. The Labute approximate surface area is 155 Å². The van der Waals surface area contributed by atoms with Crippen molar-refractivity contribution < 1.29 is 9.90 Å². The van der Waals surface area contributed by atoms with Gasteiger partial charge in [-0.15, -0.1) is 11.3 Å². The molecule has 1 fully saturated rings. The zero-order valence-corrected chi connectivity index (χ0v) is 15.2.